The fourth-order valence-electron chi connectivity index (χ4n) is 7.58. The molecule has 4 heterocycles. The first-order valence-electron chi connectivity index (χ1n) is 23.3. The van der Waals surface area contributed by atoms with Crippen LogP contribution in [0.2, 0.25) is 0 Å². The van der Waals surface area contributed by atoms with Gasteiger partial charge in [-0.1, -0.05) is 34.1 Å². The van der Waals surface area contributed by atoms with Gasteiger partial charge in [-0.15, -0.1) is 0 Å². The number of ketones is 2. The summed E-state index contributed by atoms with van der Waals surface area (Å²) in [6.07, 6.45) is 11.7. The lowest BCUT2D eigenvalue weighted by Crippen LogP contribution is -2.41. The van der Waals surface area contributed by atoms with Crippen LogP contribution < -0.4 is 18.9 Å². The van der Waals surface area contributed by atoms with Crippen molar-refractivity contribution in [1.82, 2.24) is 29.7 Å². The number of hydrogen-bond acceptors (Lipinski definition) is 16. The summed E-state index contributed by atoms with van der Waals surface area (Å²) in [6, 6.07) is 6.91. The minimum atomic E-state index is -3.53. The third-order valence-corrected chi connectivity index (χ3v) is 13.9. The molecule has 6 rings (SSSR count). The van der Waals surface area contributed by atoms with Crippen molar-refractivity contribution in [3.63, 3.8) is 0 Å². The largest absolute Gasteiger partial charge is 0.474 e. The van der Waals surface area contributed by atoms with Crippen molar-refractivity contribution < 1.29 is 54.2 Å². The quantitative estimate of drug-likeness (QED) is 0.0771. The molecule has 378 valence electrons. The summed E-state index contributed by atoms with van der Waals surface area (Å²) in [5, 5.41) is 0. The Balaban J connectivity index is 0.000000258. The molecule has 0 spiro atoms. The molecule has 2 aliphatic heterocycles. The van der Waals surface area contributed by atoms with Crippen molar-refractivity contribution in [2.45, 2.75) is 121 Å². The van der Waals surface area contributed by atoms with Gasteiger partial charge >= 0.3 is 0 Å². The SMILES string of the molecule is Cc1c(Oc2ccc(S(C)(=O)=O)cc2F)ncnc1OC1CCN(CC(=O)CCC(C)C)CC1.Cc1c(Oc2ccc(S(C)(=O)=O)cc2F)ncnc1OC1CCN(CC(=O)CCCC(C)C)CC1. The average Bonchev–Trinajstić information content (AvgIpc) is 3.27. The van der Waals surface area contributed by atoms with Crippen LogP contribution in [0, 0.1) is 37.3 Å². The van der Waals surface area contributed by atoms with E-state index in [2.05, 4.69) is 57.4 Å². The van der Waals surface area contributed by atoms with E-state index in [0.717, 1.165) is 95.8 Å². The predicted octanol–water partition coefficient (Wildman–Crippen LogP) is 8.33. The first-order chi connectivity index (χ1) is 32.5. The Hall–Kier alpha value is -5.18. The number of rotatable bonds is 21. The Morgan fingerprint density at radius 2 is 0.986 bits per heavy atom. The van der Waals surface area contributed by atoms with Gasteiger partial charge in [-0.3, -0.25) is 19.4 Å². The highest BCUT2D eigenvalue weighted by Crippen LogP contribution is 2.33. The highest BCUT2D eigenvalue weighted by atomic mass is 32.2. The van der Waals surface area contributed by atoms with E-state index in [-0.39, 0.29) is 56.8 Å². The van der Waals surface area contributed by atoms with Gasteiger partial charge in [0.2, 0.25) is 23.5 Å². The van der Waals surface area contributed by atoms with Gasteiger partial charge in [-0.25, -0.2) is 45.6 Å². The van der Waals surface area contributed by atoms with E-state index >= 15 is 0 Å². The standard InChI is InChI=1S/C25H34FN3O5S.C24H32FN3O5S/c1-17(2)6-5-7-19(30)15-29-12-10-20(11-13-29)33-24-18(3)25(28-16-27-24)34-23-9-8-21(14-22(23)26)35(4,31)32;1-16(2)5-6-18(29)14-28-11-9-19(10-12-28)32-23-17(3)24(27-15-26-23)33-22-8-7-20(13-21(22)25)34(4,30)31/h8-9,14,16-17,20H,5-7,10-13,15H2,1-4H3;7-8,13,15-16,19H,5-6,9-12,14H2,1-4H3. The topological polar surface area (TPSA) is 197 Å². The Bertz CT molecular complexity index is 2600. The molecule has 0 bridgehead atoms. The second kappa shape index (κ2) is 25.1. The predicted molar refractivity (Wildman–Crippen MR) is 256 cm³/mol. The number of sulfone groups is 2. The highest BCUT2D eigenvalue weighted by molar-refractivity contribution is 7.91. The number of benzene rings is 2. The van der Waals surface area contributed by atoms with Gasteiger partial charge < -0.3 is 18.9 Å². The molecule has 2 saturated heterocycles. The Labute approximate surface area is 405 Å². The number of piperidine rings is 2. The molecule has 69 heavy (non-hydrogen) atoms. The van der Waals surface area contributed by atoms with Crippen molar-refractivity contribution >= 4 is 31.2 Å². The number of carbonyl (C=O) groups excluding carboxylic acids is 2. The fourth-order valence-corrected chi connectivity index (χ4v) is 8.85. The summed E-state index contributed by atoms with van der Waals surface area (Å²) < 4.78 is 98.6. The third-order valence-electron chi connectivity index (χ3n) is 11.7. The molecular formula is C49H66F2N6O10S2. The molecule has 0 unspecified atom stereocenters. The zero-order valence-corrected chi connectivity index (χ0v) is 42.5. The number of carbonyl (C=O) groups is 2. The summed E-state index contributed by atoms with van der Waals surface area (Å²) in [6.45, 7) is 16.0. The molecule has 2 aliphatic rings. The lowest BCUT2D eigenvalue weighted by molar-refractivity contribution is -0.121. The van der Waals surface area contributed by atoms with E-state index < -0.39 is 31.3 Å². The highest BCUT2D eigenvalue weighted by Gasteiger charge is 2.26. The van der Waals surface area contributed by atoms with Crippen LogP contribution in [0.1, 0.15) is 96.6 Å². The number of aromatic nitrogens is 4. The summed E-state index contributed by atoms with van der Waals surface area (Å²) in [4.78, 5) is 45.0. The van der Waals surface area contributed by atoms with Crippen LogP contribution in [-0.4, -0.2) is 122 Å². The monoisotopic (exact) mass is 1000 g/mol. The minimum Gasteiger partial charge on any atom is -0.474 e. The third kappa shape index (κ3) is 17.3. The summed E-state index contributed by atoms with van der Waals surface area (Å²) in [5.41, 5.74) is 1.03. The second-order valence-electron chi connectivity index (χ2n) is 18.6. The summed E-state index contributed by atoms with van der Waals surface area (Å²) in [5.74, 6) is 0.771. The molecule has 2 aromatic carbocycles. The van der Waals surface area contributed by atoms with Gasteiger partial charge in [0.05, 0.1) is 34.0 Å². The molecule has 0 aliphatic carbocycles. The van der Waals surface area contributed by atoms with Gasteiger partial charge in [0, 0.05) is 51.5 Å². The molecule has 2 fully saturated rings. The van der Waals surface area contributed by atoms with Gasteiger partial charge in [0.25, 0.3) is 0 Å². The van der Waals surface area contributed by atoms with E-state index in [1.807, 2.05) is 0 Å². The molecule has 0 N–H and O–H groups in total. The molecule has 20 heteroatoms. The average molecular weight is 1000 g/mol. The summed E-state index contributed by atoms with van der Waals surface area (Å²) >= 11 is 0. The molecule has 0 amide bonds. The number of halogens is 2. The van der Waals surface area contributed by atoms with Crippen LogP contribution in [0.15, 0.2) is 58.8 Å². The van der Waals surface area contributed by atoms with E-state index in [1.165, 1.54) is 36.9 Å². The zero-order valence-electron chi connectivity index (χ0n) is 40.9. The van der Waals surface area contributed by atoms with Crippen molar-refractivity contribution in [1.29, 1.82) is 0 Å². The number of Topliss-reactive ketones (excluding diaryl/α,β-unsaturated/α-hetero) is 2. The molecule has 0 radical (unpaired) electrons. The molecular weight excluding hydrogens is 935 g/mol. The lowest BCUT2D eigenvalue weighted by atomic mass is 10.0. The van der Waals surface area contributed by atoms with Crippen molar-refractivity contribution in [3.05, 3.63) is 71.8 Å². The molecule has 0 atom stereocenters. The molecule has 16 nitrogen and oxygen atoms in total. The number of ether oxygens (including phenoxy) is 4. The maximum Gasteiger partial charge on any atom is 0.229 e. The maximum absolute atomic E-state index is 14.4. The van der Waals surface area contributed by atoms with Crippen LogP contribution >= 0.6 is 0 Å². The van der Waals surface area contributed by atoms with Crippen molar-refractivity contribution in [2.75, 3.05) is 51.8 Å². The zero-order chi connectivity index (χ0) is 50.5. The van der Waals surface area contributed by atoms with E-state index in [9.17, 15) is 35.2 Å². The van der Waals surface area contributed by atoms with Crippen molar-refractivity contribution in [3.8, 4) is 35.0 Å². The van der Waals surface area contributed by atoms with Gasteiger partial charge in [-0.2, -0.15) is 0 Å². The van der Waals surface area contributed by atoms with Crippen LogP contribution in [0.3, 0.4) is 0 Å². The van der Waals surface area contributed by atoms with Crippen LogP contribution in [0.5, 0.6) is 35.0 Å². The van der Waals surface area contributed by atoms with Crippen LogP contribution in [-0.2, 0) is 29.3 Å². The number of hydrogen-bond donors (Lipinski definition) is 0. The Kier molecular flexibility index (Phi) is 19.9. The van der Waals surface area contributed by atoms with Crippen LogP contribution in [0.4, 0.5) is 8.78 Å². The second-order valence-corrected chi connectivity index (χ2v) is 22.7. The molecule has 0 saturated carbocycles. The fraction of sp³-hybridized carbons (Fsp3) is 0.551. The Morgan fingerprint density at radius 3 is 1.35 bits per heavy atom. The summed E-state index contributed by atoms with van der Waals surface area (Å²) in [7, 11) is -7.05. The number of likely N-dealkylation sites (tertiary alicyclic amines) is 2. The normalized spacial score (nSPS) is 15.4. The molecule has 4 aromatic rings. The van der Waals surface area contributed by atoms with Crippen LogP contribution in [0.25, 0.3) is 0 Å². The molecule has 2 aromatic heterocycles. The Morgan fingerprint density at radius 1 is 0.609 bits per heavy atom. The van der Waals surface area contributed by atoms with E-state index in [1.54, 1.807) is 13.8 Å². The number of nitrogens with zero attached hydrogens (tertiary/aromatic N) is 6. The van der Waals surface area contributed by atoms with Gasteiger partial charge in [0.1, 0.15) is 36.4 Å². The van der Waals surface area contributed by atoms with Gasteiger partial charge in [-0.05, 0) is 101 Å². The first kappa shape index (κ1) is 54.8. The maximum atomic E-state index is 14.4. The first-order valence-corrected chi connectivity index (χ1v) is 27.1. The lowest BCUT2D eigenvalue weighted by Gasteiger charge is -2.31. The van der Waals surface area contributed by atoms with Crippen molar-refractivity contribution in [2.24, 2.45) is 11.8 Å². The van der Waals surface area contributed by atoms with Gasteiger partial charge in [0.15, 0.2) is 42.8 Å². The van der Waals surface area contributed by atoms with E-state index in [4.69, 9.17) is 18.9 Å². The smallest absolute Gasteiger partial charge is 0.229 e. The minimum absolute atomic E-state index is 0.0606. The van der Waals surface area contributed by atoms with E-state index in [0.29, 0.717) is 60.7 Å².